The maximum Gasteiger partial charge on any atom is 0.335 e. The van der Waals surface area contributed by atoms with Crippen LogP contribution in [0.4, 0.5) is 0 Å². The minimum Gasteiger partial charge on any atom is -0.494 e. The highest BCUT2D eigenvalue weighted by molar-refractivity contribution is 6.44. The highest BCUT2D eigenvalue weighted by atomic mass is 35.5. The molecule has 7 heteroatoms. The monoisotopic (exact) mass is 396 g/mol. The van der Waals surface area contributed by atoms with Crippen molar-refractivity contribution in [1.29, 1.82) is 0 Å². The molecule has 0 bridgehead atoms. The van der Waals surface area contributed by atoms with Crippen LogP contribution in [0.5, 0.6) is 11.5 Å². The minimum atomic E-state index is -0.969. The van der Waals surface area contributed by atoms with Crippen LogP contribution in [0.15, 0.2) is 36.4 Å². The summed E-state index contributed by atoms with van der Waals surface area (Å²) in [4.78, 5) is 22.2. The molecule has 138 valence electrons. The number of Topliss-reactive ketones (excluding diaryl/α,β-unsaturated/α-hetero) is 1. The van der Waals surface area contributed by atoms with E-state index in [0.29, 0.717) is 30.3 Å². The van der Waals surface area contributed by atoms with Crippen LogP contribution in [0.2, 0.25) is 10.0 Å². The Hall–Kier alpha value is -2.24. The number of unbranched alkanes of at least 4 members (excludes halogenated alkanes) is 1. The number of carboxylic acids is 1. The van der Waals surface area contributed by atoms with Crippen molar-refractivity contribution in [3.8, 4) is 11.5 Å². The van der Waals surface area contributed by atoms with Crippen LogP contribution in [-0.2, 0) is 0 Å². The second-order valence-electron chi connectivity index (χ2n) is 5.53. The lowest BCUT2D eigenvalue weighted by molar-refractivity contribution is 0.0696. The van der Waals surface area contributed by atoms with Gasteiger partial charge in [-0.25, -0.2) is 4.79 Å². The zero-order valence-corrected chi connectivity index (χ0v) is 15.6. The van der Waals surface area contributed by atoms with Gasteiger partial charge in [-0.1, -0.05) is 23.2 Å². The third-order valence-electron chi connectivity index (χ3n) is 3.59. The average molecular weight is 397 g/mol. The van der Waals surface area contributed by atoms with E-state index in [-0.39, 0.29) is 21.4 Å². The standard InChI is InChI=1S/C19H18Cl2O5/c1-12(22)15-8-9-16(18(21)17(15)20)26-11-3-2-10-25-14-6-4-13(5-7-14)19(23)24/h4-9H,2-3,10-11H2,1H3,(H,23,24). The lowest BCUT2D eigenvalue weighted by atomic mass is 10.1. The van der Waals surface area contributed by atoms with Gasteiger partial charge in [-0.15, -0.1) is 0 Å². The fourth-order valence-corrected chi connectivity index (χ4v) is 2.69. The predicted octanol–water partition coefficient (Wildman–Crippen LogP) is 5.13. The predicted molar refractivity (Wildman–Crippen MR) is 100 cm³/mol. The molecular weight excluding hydrogens is 379 g/mol. The second-order valence-corrected chi connectivity index (χ2v) is 6.28. The number of aromatic carboxylic acids is 1. The molecule has 0 fully saturated rings. The van der Waals surface area contributed by atoms with Gasteiger partial charge in [0.15, 0.2) is 5.78 Å². The van der Waals surface area contributed by atoms with Gasteiger partial charge in [0, 0.05) is 5.56 Å². The molecule has 0 aliphatic heterocycles. The molecule has 0 amide bonds. The molecule has 0 atom stereocenters. The van der Waals surface area contributed by atoms with Gasteiger partial charge < -0.3 is 14.6 Å². The van der Waals surface area contributed by atoms with E-state index in [1.165, 1.54) is 19.1 Å². The first-order valence-electron chi connectivity index (χ1n) is 7.98. The molecule has 0 saturated carbocycles. The quantitative estimate of drug-likeness (QED) is 0.469. The molecule has 2 rings (SSSR count). The average Bonchev–Trinajstić information content (AvgIpc) is 2.61. The number of rotatable bonds is 9. The second kappa shape index (κ2) is 9.46. The molecule has 1 N–H and O–H groups in total. The molecular formula is C19H18Cl2O5. The summed E-state index contributed by atoms with van der Waals surface area (Å²) < 4.78 is 11.1. The number of carbonyl (C=O) groups excluding carboxylic acids is 1. The molecule has 0 aromatic heterocycles. The van der Waals surface area contributed by atoms with Gasteiger partial charge in [0.25, 0.3) is 0 Å². The van der Waals surface area contributed by atoms with Gasteiger partial charge in [-0.2, -0.15) is 0 Å². The van der Waals surface area contributed by atoms with Gasteiger partial charge >= 0.3 is 5.97 Å². The largest absolute Gasteiger partial charge is 0.494 e. The van der Waals surface area contributed by atoms with E-state index < -0.39 is 5.97 Å². The molecule has 0 spiro atoms. The van der Waals surface area contributed by atoms with Crippen molar-refractivity contribution in [3.05, 3.63) is 57.6 Å². The fourth-order valence-electron chi connectivity index (χ4n) is 2.19. The van der Waals surface area contributed by atoms with Crippen LogP contribution >= 0.6 is 23.2 Å². The molecule has 0 unspecified atom stereocenters. The van der Waals surface area contributed by atoms with Gasteiger partial charge in [-0.3, -0.25) is 4.79 Å². The van der Waals surface area contributed by atoms with Crippen LogP contribution in [-0.4, -0.2) is 30.1 Å². The molecule has 2 aromatic carbocycles. The molecule has 0 saturated heterocycles. The van der Waals surface area contributed by atoms with Crippen molar-refractivity contribution < 1.29 is 24.2 Å². The van der Waals surface area contributed by atoms with Crippen molar-refractivity contribution in [2.45, 2.75) is 19.8 Å². The van der Waals surface area contributed by atoms with Crippen molar-refractivity contribution >= 4 is 35.0 Å². The summed E-state index contributed by atoms with van der Waals surface area (Å²) in [6.07, 6.45) is 1.48. The number of hydrogen-bond donors (Lipinski definition) is 1. The lowest BCUT2D eigenvalue weighted by Crippen LogP contribution is -2.04. The molecule has 0 heterocycles. The van der Waals surface area contributed by atoms with Crippen LogP contribution < -0.4 is 9.47 Å². The highest BCUT2D eigenvalue weighted by Gasteiger charge is 2.13. The maximum absolute atomic E-state index is 11.4. The third kappa shape index (κ3) is 5.38. The first-order chi connectivity index (χ1) is 12.4. The number of carbonyl (C=O) groups is 2. The fraction of sp³-hybridized carbons (Fsp3) is 0.263. The Bertz CT molecular complexity index is 787. The normalized spacial score (nSPS) is 10.4. The summed E-state index contributed by atoms with van der Waals surface area (Å²) in [5.74, 6) is -0.0711. The molecule has 0 radical (unpaired) electrons. The van der Waals surface area contributed by atoms with E-state index in [1.807, 2.05) is 0 Å². The minimum absolute atomic E-state index is 0.156. The Morgan fingerprint density at radius 1 is 0.923 bits per heavy atom. The first-order valence-corrected chi connectivity index (χ1v) is 8.73. The SMILES string of the molecule is CC(=O)c1ccc(OCCCCOc2ccc(C(=O)O)cc2)c(Cl)c1Cl. The Morgan fingerprint density at radius 3 is 2.12 bits per heavy atom. The summed E-state index contributed by atoms with van der Waals surface area (Å²) in [5, 5.41) is 9.26. The Morgan fingerprint density at radius 2 is 1.54 bits per heavy atom. The molecule has 0 aliphatic carbocycles. The summed E-state index contributed by atoms with van der Waals surface area (Å²) >= 11 is 12.2. The molecule has 0 aliphatic rings. The van der Waals surface area contributed by atoms with E-state index in [0.717, 1.165) is 12.8 Å². The Labute approximate surface area is 161 Å². The smallest absolute Gasteiger partial charge is 0.335 e. The van der Waals surface area contributed by atoms with Crippen molar-refractivity contribution in [3.63, 3.8) is 0 Å². The molecule has 2 aromatic rings. The van der Waals surface area contributed by atoms with Crippen molar-refractivity contribution in [2.24, 2.45) is 0 Å². The van der Waals surface area contributed by atoms with E-state index in [2.05, 4.69) is 0 Å². The van der Waals surface area contributed by atoms with Crippen molar-refractivity contribution in [2.75, 3.05) is 13.2 Å². The van der Waals surface area contributed by atoms with E-state index >= 15 is 0 Å². The van der Waals surface area contributed by atoms with Crippen LogP contribution in [0, 0.1) is 0 Å². The first kappa shape index (κ1) is 20.1. The van der Waals surface area contributed by atoms with Crippen molar-refractivity contribution in [1.82, 2.24) is 0 Å². The van der Waals surface area contributed by atoms with E-state index in [1.54, 1.807) is 24.3 Å². The molecule has 26 heavy (non-hydrogen) atoms. The van der Waals surface area contributed by atoms with Crippen LogP contribution in [0.1, 0.15) is 40.5 Å². The van der Waals surface area contributed by atoms with E-state index in [4.69, 9.17) is 37.8 Å². The van der Waals surface area contributed by atoms with Crippen LogP contribution in [0.3, 0.4) is 0 Å². The number of hydrogen-bond acceptors (Lipinski definition) is 4. The van der Waals surface area contributed by atoms with Gasteiger partial charge in [0.1, 0.15) is 16.5 Å². The summed E-state index contributed by atoms with van der Waals surface area (Å²) in [6.45, 7) is 2.33. The number of ketones is 1. The number of benzene rings is 2. The zero-order chi connectivity index (χ0) is 19.1. The Kier molecular flexibility index (Phi) is 7.30. The Balaban J connectivity index is 1.73. The molecule has 5 nitrogen and oxygen atoms in total. The lowest BCUT2D eigenvalue weighted by Gasteiger charge is -2.11. The van der Waals surface area contributed by atoms with Gasteiger partial charge in [-0.05, 0) is 56.2 Å². The summed E-state index contributed by atoms with van der Waals surface area (Å²) in [6, 6.07) is 9.46. The van der Waals surface area contributed by atoms with Gasteiger partial charge in [0.2, 0.25) is 0 Å². The highest BCUT2D eigenvalue weighted by Crippen LogP contribution is 2.35. The number of carboxylic acid groups (broad SMARTS) is 1. The third-order valence-corrected chi connectivity index (χ3v) is 4.46. The number of ether oxygens (including phenoxy) is 2. The number of halogens is 2. The van der Waals surface area contributed by atoms with Crippen LogP contribution in [0.25, 0.3) is 0 Å². The summed E-state index contributed by atoms with van der Waals surface area (Å²) in [5.41, 5.74) is 0.586. The maximum atomic E-state index is 11.4. The van der Waals surface area contributed by atoms with Gasteiger partial charge in [0.05, 0.1) is 23.8 Å². The topological polar surface area (TPSA) is 72.8 Å². The zero-order valence-electron chi connectivity index (χ0n) is 14.1. The van der Waals surface area contributed by atoms with E-state index in [9.17, 15) is 9.59 Å². The summed E-state index contributed by atoms with van der Waals surface area (Å²) in [7, 11) is 0.